The van der Waals surface area contributed by atoms with Gasteiger partial charge in [-0.1, -0.05) is 356 Å². The molecular formula is C124H109F11O4. The van der Waals surface area contributed by atoms with Crippen LogP contribution < -0.4 is 4.74 Å². The van der Waals surface area contributed by atoms with Crippen molar-refractivity contribution < 1.29 is 68.4 Å². The second-order valence-electron chi connectivity index (χ2n) is 32.3. The molecule has 0 atom stereocenters. The number of hydrogen-bond acceptors (Lipinski definition) is 4. The van der Waals surface area contributed by atoms with E-state index in [2.05, 4.69) is 31.2 Å². The Balaban J connectivity index is 0.000000178. The Morgan fingerprint density at radius 1 is 0.194 bits per heavy atom. The smallest absolute Gasteiger partial charge is 0.131 e. The summed E-state index contributed by atoms with van der Waals surface area (Å²) in [6.45, 7) is 15.3. The van der Waals surface area contributed by atoms with Crippen molar-refractivity contribution in [3.05, 3.63) is 560 Å². The number of ether oxygens (including phenoxy) is 1. The molecule has 0 radical (unpaired) electrons. The molecule has 16 aromatic rings. The molecule has 0 heterocycles. The van der Waals surface area contributed by atoms with Crippen LogP contribution in [0.15, 0.2) is 346 Å². The van der Waals surface area contributed by atoms with Crippen molar-refractivity contribution in [3.8, 4) is 5.75 Å². The van der Waals surface area contributed by atoms with Gasteiger partial charge in [-0.2, -0.15) is 0 Å². The maximum Gasteiger partial charge on any atom is 0.131 e. The Morgan fingerprint density at radius 2 is 0.496 bits per heavy atom. The van der Waals surface area contributed by atoms with Crippen LogP contribution in [0, 0.1) is 119 Å². The van der Waals surface area contributed by atoms with Crippen LogP contribution in [0.4, 0.5) is 48.3 Å². The van der Waals surface area contributed by atoms with Crippen LogP contribution in [0.25, 0.3) is 97.2 Å². The second kappa shape index (κ2) is 56.6. The average Bonchev–Trinajstić information content (AvgIpc) is 0.860. The first kappa shape index (κ1) is 107. The molecule has 706 valence electrons. The van der Waals surface area contributed by atoms with Gasteiger partial charge in [0.05, 0.1) is 26.9 Å². The van der Waals surface area contributed by atoms with E-state index < -0.39 is 0 Å². The van der Waals surface area contributed by atoms with Gasteiger partial charge in [-0.05, 0) is 248 Å². The molecule has 4 nitrogen and oxygen atoms in total. The fraction of sp³-hybridized carbons (Fsp3) is 0.0968. The molecule has 0 saturated heterocycles. The van der Waals surface area contributed by atoms with Gasteiger partial charge >= 0.3 is 0 Å². The van der Waals surface area contributed by atoms with E-state index in [4.69, 9.17) is 9.84 Å². The normalized spacial score (nSPS) is 11.0. The molecule has 0 saturated carbocycles. The Labute approximate surface area is 808 Å². The number of aryl methyl sites for hydroxylation is 8. The van der Waals surface area contributed by atoms with Gasteiger partial charge in [0.15, 0.2) is 0 Å². The van der Waals surface area contributed by atoms with E-state index in [1.165, 1.54) is 96.1 Å². The lowest BCUT2D eigenvalue weighted by Gasteiger charge is -2.09. The third-order valence-electron chi connectivity index (χ3n) is 20.9. The number of aliphatic hydroxyl groups is 3. The molecular weight excluding hydrogens is 1760 g/mol. The van der Waals surface area contributed by atoms with Gasteiger partial charge in [-0.15, -0.1) is 0 Å². The minimum atomic E-state index is -0.309. The first-order chi connectivity index (χ1) is 67.0. The van der Waals surface area contributed by atoms with Crippen molar-refractivity contribution in [1.82, 2.24) is 0 Å². The van der Waals surface area contributed by atoms with Gasteiger partial charge in [0.2, 0.25) is 0 Å². The molecule has 0 amide bonds. The standard InChI is InChI=1S/C17H18O2.C16H15F.C16H16O2.5C15H12F2/c1-13-6-8-14(9-7-13)10-11-15-4-3-5-16(12-18)17(15)19-2;1-12-3-6-14(7-4-12)8-10-15-9-5-13(2)11-16(15)17;17-11-14-5-3-4-13(10-14)8-9-15-6-1-2-7-16(15)12-18;1-11-2-9-15(17)13(10-11)6-3-12-4-7-14(16)8-5-12;1-11-5-8-15(17)13(9-11)7-6-12-3-2-4-14(16)10-12;1-11-5-7-13(15(17)9-11)8-6-12-3-2-4-14(16)10-12;1-11-5-6-13(10-15(11)17)8-7-12-3-2-4-14(16)9-12;1-11-6-7-13(15(17)10-11)9-8-12-4-2-3-5-14(12)16/h3-11,18H,12H2,1-2H3;3-11H,1-2H3;1-10,17-18H,11-12H2;5*2-10H,1H3/b11-10+;10-8+;9-8+;6-3+;7-6+;8-6+;8-7+;9-8+. The van der Waals surface area contributed by atoms with Crippen LogP contribution in [0.5, 0.6) is 5.75 Å². The SMILES string of the molecule is COc1c(/C=C/c2ccc(C)cc2)cccc1CO.Cc1ccc(/C=C/c2ccc(C)cc2F)cc1.Cc1ccc(/C=C/c2cccc(F)c2)c(F)c1.Cc1ccc(/C=C/c2cccc(F)c2)cc1F.Cc1ccc(/C=C/c2ccccc2F)c(F)c1.Cc1ccc(F)c(/C=C/c2ccc(F)cc2)c1.Cc1ccc(F)c(/C=C/c2cccc(F)c2)c1.OCc1cccc(/C=C/c2ccccc2CO)c1. The lowest BCUT2D eigenvalue weighted by molar-refractivity contribution is 0.273. The fourth-order valence-electron chi connectivity index (χ4n) is 13.2. The van der Waals surface area contributed by atoms with Gasteiger partial charge in [0.25, 0.3) is 0 Å². The van der Waals surface area contributed by atoms with E-state index in [1.807, 2.05) is 187 Å². The third kappa shape index (κ3) is 37.9. The van der Waals surface area contributed by atoms with Crippen LogP contribution in [0.1, 0.15) is 150 Å². The first-order valence-corrected chi connectivity index (χ1v) is 44.6. The molecule has 16 aromatic carbocycles. The Morgan fingerprint density at radius 3 is 0.906 bits per heavy atom. The van der Waals surface area contributed by atoms with Crippen molar-refractivity contribution in [2.45, 2.75) is 75.2 Å². The summed E-state index contributed by atoms with van der Waals surface area (Å²) >= 11 is 0. The Hall–Kier alpha value is -15.7. The number of aliphatic hydroxyl groups excluding tert-OH is 3. The molecule has 0 unspecified atom stereocenters. The summed E-state index contributed by atoms with van der Waals surface area (Å²) in [5.41, 5.74) is 22.5. The van der Waals surface area contributed by atoms with E-state index in [-0.39, 0.29) is 83.8 Å². The molecule has 0 aliphatic carbocycles. The van der Waals surface area contributed by atoms with E-state index in [1.54, 1.807) is 202 Å². The number of methoxy groups -OCH3 is 1. The van der Waals surface area contributed by atoms with Gasteiger partial charge in [0.1, 0.15) is 69.7 Å². The maximum absolute atomic E-state index is 13.6. The summed E-state index contributed by atoms with van der Waals surface area (Å²) in [5.74, 6) is -2.21. The summed E-state index contributed by atoms with van der Waals surface area (Å²) in [6.07, 6.45) is 28.5. The van der Waals surface area contributed by atoms with E-state index >= 15 is 0 Å². The number of para-hydroxylation sites is 1. The zero-order valence-corrected chi connectivity index (χ0v) is 78.7. The maximum atomic E-state index is 13.6. The zero-order chi connectivity index (χ0) is 100.0. The third-order valence-corrected chi connectivity index (χ3v) is 20.9. The van der Waals surface area contributed by atoms with Crippen molar-refractivity contribution in [1.29, 1.82) is 0 Å². The van der Waals surface area contributed by atoms with Crippen molar-refractivity contribution in [2.75, 3.05) is 7.11 Å². The number of halogens is 11. The summed E-state index contributed by atoms with van der Waals surface area (Å²) in [4.78, 5) is 0. The molecule has 15 heteroatoms. The summed E-state index contributed by atoms with van der Waals surface area (Å²) in [7, 11) is 1.62. The van der Waals surface area contributed by atoms with Gasteiger partial charge < -0.3 is 20.1 Å². The molecule has 16 rings (SSSR count). The van der Waals surface area contributed by atoms with Gasteiger partial charge in [0, 0.05) is 44.5 Å². The Kier molecular flexibility index (Phi) is 43.6. The highest BCUT2D eigenvalue weighted by molar-refractivity contribution is 5.77. The van der Waals surface area contributed by atoms with Crippen molar-refractivity contribution >= 4 is 97.2 Å². The minimum absolute atomic E-state index is 0.0185. The topological polar surface area (TPSA) is 69.9 Å². The molecule has 0 aliphatic heterocycles. The van der Waals surface area contributed by atoms with Crippen molar-refractivity contribution in [3.63, 3.8) is 0 Å². The summed E-state index contributed by atoms with van der Waals surface area (Å²) < 4.78 is 151. The lowest BCUT2D eigenvalue weighted by atomic mass is 10.1. The number of benzene rings is 16. The monoisotopic (exact) mass is 1870 g/mol. The minimum Gasteiger partial charge on any atom is -0.496 e. The lowest BCUT2D eigenvalue weighted by Crippen LogP contribution is -1.94. The average molecular weight is 1870 g/mol. The van der Waals surface area contributed by atoms with E-state index in [0.29, 0.717) is 50.1 Å². The van der Waals surface area contributed by atoms with E-state index in [9.17, 15) is 58.5 Å². The molecule has 0 aromatic heterocycles. The van der Waals surface area contributed by atoms with Gasteiger partial charge in [-0.3, -0.25) is 0 Å². The van der Waals surface area contributed by atoms with Crippen LogP contribution in [-0.4, -0.2) is 22.4 Å². The zero-order valence-electron chi connectivity index (χ0n) is 78.7. The fourth-order valence-corrected chi connectivity index (χ4v) is 13.2. The number of rotatable bonds is 20. The Bertz CT molecular complexity index is 6910. The molecule has 0 fully saturated rings. The summed E-state index contributed by atoms with van der Waals surface area (Å²) in [6, 6.07) is 98.9. The van der Waals surface area contributed by atoms with Crippen LogP contribution in [0.2, 0.25) is 0 Å². The predicted molar refractivity (Wildman–Crippen MR) is 556 cm³/mol. The predicted octanol–water partition coefficient (Wildman–Crippen LogP) is 33.3. The highest BCUT2D eigenvalue weighted by Gasteiger charge is 2.09. The molecule has 0 aliphatic rings. The highest BCUT2D eigenvalue weighted by atomic mass is 19.2. The molecule has 3 N–H and O–H groups in total. The van der Waals surface area contributed by atoms with Gasteiger partial charge in [-0.25, -0.2) is 48.3 Å². The highest BCUT2D eigenvalue weighted by Crippen LogP contribution is 2.28. The quantitative estimate of drug-likeness (QED) is 0.0525. The first-order valence-electron chi connectivity index (χ1n) is 44.6. The van der Waals surface area contributed by atoms with Crippen molar-refractivity contribution in [2.24, 2.45) is 0 Å². The number of hydrogen-bond donors (Lipinski definition) is 3. The molecule has 0 spiro atoms. The van der Waals surface area contributed by atoms with Crippen LogP contribution >= 0.6 is 0 Å². The van der Waals surface area contributed by atoms with Crippen LogP contribution in [-0.2, 0) is 19.8 Å². The molecule has 139 heavy (non-hydrogen) atoms. The second-order valence-corrected chi connectivity index (χ2v) is 32.3. The van der Waals surface area contributed by atoms with Crippen LogP contribution in [0.3, 0.4) is 0 Å². The summed E-state index contributed by atoms with van der Waals surface area (Å²) in [5, 5.41) is 27.6. The molecule has 0 bridgehead atoms. The van der Waals surface area contributed by atoms with E-state index in [0.717, 1.165) is 94.8 Å². The largest absolute Gasteiger partial charge is 0.496 e.